The number of rotatable bonds is 2. The lowest BCUT2D eigenvalue weighted by molar-refractivity contribution is 0.415. The highest BCUT2D eigenvalue weighted by Crippen LogP contribution is 2.29. The molecule has 0 radical (unpaired) electrons. The van der Waals surface area contributed by atoms with E-state index in [9.17, 15) is 0 Å². The fraction of sp³-hybridized carbons (Fsp3) is 0.231. The van der Waals surface area contributed by atoms with Gasteiger partial charge in [0.05, 0.1) is 23.9 Å². The molecule has 0 saturated carbocycles. The SMILES string of the molecule is COc1ccc2c(N(C)C)c(C#N)cnc2c1. The van der Waals surface area contributed by atoms with Crippen LogP contribution < -0.4 is 9.64 Å². The molecule has 0 N–H and O–H groups in total. The Hall–Kier alpha value is -2.28. The largest absolute Gasteiger partial charge is 0.497 e. The van der Waals surface area contributed by atoms with Crippen LogP contribution in [0, 0.1) is 11.3 Å². The zero-order chi connectivity index (χ0) is 12.4. The summed E-state index contributed by atoms with van der Waals surface area (Å²) < 4.78 is 5.16. The van der Waals surface area contributed by atoms with Crippen molar-refractivity contribution in [1.29, 1.82) is 5.26 Å². The number of hydrogen-bond donors (Lipinski definition) is 0. The second-order valence-corrected chi connectivity index (χ2v) is 3.91. The van der Waals surface area contributed by atoms with Gasteiger partial charge in [-0.25, -0.2) is 0 Å². The first kappa shape index (κ1) is 11.2. The minimum Gasteiger partial charge on any atom is -0.497 e. The van der Waals surface area contributed by atoms with Gasteiger partial charge in [-0.15, -0.1) is 0 Å². The quantitative estimate of drug-likeness (QED) is 0.789. The Morgan fingerprint density at radius 1 is 1.35 bits per heavy atom. The van der Waals surface area contributed by atoms with Gasteiger partial charge in [-0.1, -0.05) is 0 Å². The Labute approximate surface area is 100 Å². The third kappa shape index (κ3) is 1.87. The molecule has 0 fully saturated rings. The maximum absolute atomic E-state index is 9.09. The number of benzene rings is 1. The lowest BCUT2D eigenvalue weighted by atomic mass is 10.1. The Bertz CT molecular complexity index is 599. The van der Waals surface area contributed by atoms with Gasteiger partial charge in [0, 0.05) is 31.7 Å². The molecule has 0 amide bonds. The Balaban J connectivity index is 2.78. The molecule has 0 aliphatic carbocycles. The number of fused-ring (bicyclic) bond motifs is 1. The van der Waals surface area contributed by atoms with Crippen LogP contribution in [0.5, 0.6) is 5.75 Å². The van der Waals surface area contributed by atoms with E-state index in [4.69, 9.17) is 10.00 Å². The van der Waals surface area contributed by atoms with Crippen LogP contribution in [0.25, 0.3) is 10.9 Å². The maximum atomic E-state index is 9.09. The monoisotopic (exact) mass is 227 g/mol. The molecule has 86 valence electrons. The molecule has 2 rings (SSSR count). The molecule has 1 heterocycles. The van der Waals surface area contributed by atoms with E-state index in [0.717, 1.165) is 22.3 Å². The van der Waals surface area contributed by atoms with Gasteiger partial charge in [-0.2, -0.15) is 5.26 Å². The van der Waals surface area contributed by atoms with Gasteiger partial charge in [0.25, 0.3) is 0 Å². The molecule has 0 saturated heterocycles. The molecule has 0 bridgehead atoms. The van der Waals surface area contributed by atoms with Crippen LogP contribution in [0.1, 0.15) is 5.56 Å². The summed E-state index contributed by atoms with van der Waals surface area (Å²) in [6.45, 7) is 0. The summed E-state index contributed by atoms with van der Waals surface area (Å²) in [6.07, 6.45) is 1.59. The lowest BCUT2D eigenvalue weighted by Crippen LogP contribution is -2.11. The average Bonchev–Trinajstić information content (AvgIpc) is 2.36. The van der Waals surface area contributed by atoms with Crippen molar-refractivity contribution in [2.24, 2.45) is 0 Å². The van der Waals surface area contributed by atoms with Gasteiger partial charge in [0.2, 0.25) is 0 Å². The van der Waals surface area contributed by atoms with Crippen molar-refractivity contribution < 1.29 is 4.74 Å². The maximum Gasteiger partial charge on any atom is 0.121 e. The number of pyridine rings is 1. The predicted octanol–water partition coefficient (Wildman–Crippen LogP) is 2.18. The zero-order valence-corrected chi connectivity index (χ0v) is 10.1. The molecule has 4 nitrogen and oxygen atoms in total. The summed E-state index contributed by atoms with van der Waals surface area (Å²) in [4.78, 5) is 6.20. The van der Waals surface area contributed by atoms with Crippen LogP contribution in [0.15, 0.2) is 24.4 Å². The van der Waals surface area contributed by atoms with Crippen molar-refractivity contribution in [2.45, 2.75) is 0 Å². The van der Waals surface area contributed by atoms with E-state index < -0.39 is 0 Å². The normalized spacial score (nSPS) is 10.0. The Morgan fingerprint density at radius 3 is 2.71 bits per heavy atom. The average molecular weight is 227 g/mol. The van der Waals surface area contributed by atoms with Crippen molar-refractivity contribution >= 4 is 16.6 Å². The summed E-state index contributed by atoms with van der Waals surface area (Å²) in [7, 11) is 5.46. The number of aromatic nitrogens is 1. The summed E-state index contributed by atoms with van der Waals surface area (Å²) in [5, 5.41) is 10.0. The van der Waals surface area contributed by atoms with Crippen LogP contribution >= 0.6 is 0 Å². The standard InChI is InChI=1S/C13H13N3O/c1-16(2)13-9(7-14)8-15-12-6-10(17-3)4-5-11(12)13/h4-6,8H,1-3H3. The van der Waals surface area contributed by atoms with Crippen molar-refractivity contribution in [3.05, 3.63) is 30.0 Å². The highest BCUT2D eigenvalue weighted by atomic mass is 16.5. The van der Waals surface area contributed by atoms with Gasteiger partial charge < -0.3 is 9.64 Å². The van der Waals surface area contributed by atoms with Crippen LogP contribution in [-0.4, -0.2) is 26.2 Å². The predicted molar refractivity (Wildman–Crippen MR) is 67.3 cm³/mol. The first-order valence-electron chi connectivity index (χ1n) is 5.21. The number of hydrogen-bond acceptors (Lipinski definition) is 4. The molecular formula is C13H13N3O. The minimum atomic E-state index is 0.577. The van der Waals surface area contributed by atoms with Crippen LogP contribution in [0.3, 0.4) is 0 Å². The smallest absolute Gasteiger partial charge is 0.121 e. The molecule has 1 aromatic heterocycles. The molecule has 17 heavy (non-hydrogen) atoms. The fourth-order valence-corrected chi connectivity index (χ4v) is 1.85. The van der Waals surface area contributed by atoms with Crippen molar-refractivity contribution in [1.82, 2.24) is 4.98 Å². The molecule has 1 aromatic carbocycles. The van der Waals surface area contributed by atoms with Crippen LogP contribution in [-0.2, 0) is 0 Å². The van der Waals surface area contributed by atoms with Crippen molar-refractivity contribution in [3.8, 4) is 11.8 Å². The molecule has 0 unspecified atom stereocenters. The number of nitrogens with zero attached hydrogens (tertiary/aromatic N) is 3. The number of nitriles is 1. The minimum absolute atomic E-state index is 0.577. The molecule has 2 aromatic rings. The fourth-order valence-electron chi connectivity index (χ4n) is 1.85. The summed E-state index contributed by atoms with van der Waals surface area (Å²) >= 11 is 0. The van der Waals surface area contributed by atoms with E-state index >= 15 is 0 Å². The Kier molecular flexibility index (Phi) is 2.84. The highest BCUT2D eigenvalue weighted by Gasteiger charge is 2.10. The number of anilines is 1. The Morgan fingerprint density at radius 2 is 2.12 bits per heavy atom. The summed E-state index contributed by atoms with van der Waals surface area (Å²) in [6, 6.07) is 7.83. The first-order chi connectivity index (χ1) is 8.17. The molecule has 0 aliphatic heterocycles. The van der Waals surface area contributed by atoms with Gasteiger partial charge in [0.1, 0.15) is 11.8 Å². The van der Waals surface area contributed by atoms with Crippen molar-refractivity contribution in [3.63, 3.8) is 0 Å². The molecular weight excluding hydrogens is 214 g/mol. The van der Waals surface area contributed by atoms with E-state index in [1.54, 1.807) is 13.3 Å². The first-order valence-corrected chi connectivity index (χ1v) is 5.21. The molecule has 0 aliphatic rings. The van der Waals surface area contributed by atoms with E-state index in [2.05, 4.69) is 11.1 Å². The van der Waals surface area contributed by atoms with E-state index in [1.165, 1.54) is 0 Å². The number of methoxy groups -OCH3 is 1. The second-order valence-electron chi connectivity index (χ2n) is 3.91. The summed E-state index contributed by atoms with van der Waals surface area (Å²) in [5.74, 6) is 0.763. The lowest BCUT2D eigenvalue weighted by Gasteiger charge is -2.16. The second kappa shape index (κ2) is 4.30. The molecule has 4 heteroatoms. The summed E-state index contributed by atoms with van der Waals surface area (Å²) in [5.41, 5.74) is 2.29. The third-order valence-corrected chi connectivity index (χ3v) is 2.62. The van der Waals surface area contributed by atoms with E-state index in [-0.39, 0.29) is 0 Å². The number of ether oxygens (including phenoxy) is 1. The molecule has 0 spiro atoms. The van der Waals surface area contributed by atoms with Crippen molar-refractivity contribution in [2.75, 3.05) is 26.1 Å². The highest BCUT2D eigenvalue weighted by molar-refractivity contribution is 5.94. The van der Waals surface area contributed by atoms with E-state index in [0.29, 0.717) is 5.56 Å². The van der Waals surface area contributed by atoms with Gasteiger partial charge in [0.15, 0.2) is 0 Å². The van der Waals surface area contributed by atoms with Crippen LogP contribution in [0.2, 0.25) is 0 Å². The topological polar surface area (TPSA) is 49.1 Å². The van der Waals surface area contributed by atoms with Gasteiger partial charge in [-0.3, -0.25) is 4.98 Å². The molecule has 0 atom stereocenters. The van der Waals surface area contributed by atoms with Crippen LogP contribution in [0.4, 0.5) is 5.69 Å². The van der Waals surface area contributed by atoms with Gasteiger partial charge >= 0.3 is 0 Å². The zero-order valence-electron chi connectivity index (χ0n) is 10.1. The van der Waals surface area contributed by atoms with Gasteiger partial charge in [-0.05, 0) is 12.1 Å². The van der Waals surface area contributed by atoms with E-state index in [1.807, 2.05) is 37.2 Å². The third-order valence-electron chi connectivity index (χ3n) is 2.62.